The predicted octanol–water partition coefficient (Wildman–Crippen LogP) is 7.51. The highest BCUT2D eigenvalue weighted by Gasteiger charge is 2.30. The average Bonchev–Trinajstić information content (AvgIpc) is 3.56. The Hall–Kier alpha value is 0.240. The first-order chi connectivity index (χ1) is 18.7. The molecular weight excluding hydrogens is 629 g/mol. The topological polar surface area (TPSA) is 26.2 Å². The summed E-state index contributed by atoms with van der Waals surface area (Å²) >= 11 is 15.3. The van der Waals surface area contributed by atoms with Crippen molar-refractivity contribution in [2.75, 3.05) is 50.4 Å². The highest BCUT2D eigenvalue weighted by Crippen LogP contribution is 2.65. The summed E-state index contributed by atoms with van der Waals surface area (Å²) in [5.41, 5.74) is 2.45. The van der Waals surface area contributed by atoms with Crippen LogP contribution in [0.15, 0.2) is 74.5 Å². The molecule has 0 atom stereocenters. The van der Waals surface area contributed by atoms with Crippen LogP contribution in [0.25, 0.3) is 11.1 Å². The Bertz CT molecular complexity index is 1110. The van der Waals surface area contributed by atoms with E-state index in [1.54, 1.807) is 0 Å². The maximum Gasteiger partial charge on any atom is 0.171 e. The number of hydrogen-bond acceptors (Lipinski definition) is 10. The molecule has 0 amide bonds. The average molecular weight is 659 g/mol. The van der Waals surface area contributed by atoms with Gasteiger partial charge in [-0.15, -0.1) is 47.0 Å². The number of hydrogen-bond donors (Lipinski definition) is 0. The Labute approximate surface area is 259 Å². The summed E-state index contributed by atoms with van der Waals surface area (Å²) in [6.45, 7) is 4.69. The number of fused-ring (bicyclic) bond motifs is 2. The molecule has 7 heterocycles. The third-order valence-electron chi connectivity index (χ3n) is 5.64. The lowest BCUT2D eigenvalue weighted by Crippen LogP contribution is -2.35. The van der Waals surface area contributed by atoms with Crippen molar-refractivity contribution in [1.29, 1.82) is 0 Å². The van der Waals surface area contributed by atoms with Gasteiger partial charge < -0.3 is 9.47 Å². The van der Waals surface area contributed by atoms with Crippen molar-refractivity contribution >= 4 is 94.1 Å². The number of aromatic nitrogens is 2. The second kappa shape index (κ2) is 15.5. The summed E-state index contributed by atoms with van der Waals surface area (Å²) in [7, 11) is 0. The van der Waals surface area contributed by atoms with Crippen molar-refractivity contribution < 1.29 is 18.6 Å². The number of ether oxygens (including phenoxy) is 2. The molecule has 0 unspecified atom stereocenters. The fourth-order valence-electron chi connectivity index (χ4n) is 3.67. The second-order valence-corrected chi connectivity index (χ2v) is 17.6. The molecular formula is C26H30N2O2S8+2. The van der Waals surface area contributed by atoms with Gasteiger partial charge in [-0.2, -0.15) is 0 Å². The van der Waals surface area contributed by atoms with Crippen LogP contribution in [-0.2, 0) is 22.6 Å². The van der Waals surface area contributed by atoms with Crippen LogP contribution in [0, 0.1) is 0 Å². The zero-order valence-electron chi connectivity index (χ0n) is 21.3. The zero-order chi connectivity index (χ0) is 26.2. The number of nitrogens with zero attached hydrogens (tertiary/aromatic N) is 2. The smallest absolute Gasteiger partial charge is 0.171 e. The largest absolute Gasteiger partial charge is 0.374 e. The summed E-state index contributed by atoms with van der Waals surface area (Å²) in [5.74, 6) is 1.95. The molecule has 202 valence electrons. The molecule has 8 bridgehead atoms. The van der Waals surface area contributed by atoms with Gasteiger partial charge in [-0.1, -0.05) is 47.0 Å². The molecule has 0 radical (unpaired) electrons. The minimum atomic E-state index is 0.723. The van der Waals surface area contributed by atoms with Crippen LogP contribution >= 0.6 is 94.1 Å². The monoisotopic (exact) mass is 658 g/mol. The number of pyridine rings is 2. The SMILES string of the molecule is CSC1=C2SCCOCC[n+]3ccc(cc3)-c3cc[n+](cc3)CCOCCSC3=C(SC)S/C(=C(/S1)S2)S3. The standard InChI is InChI=1S/C26H30N2O2S8/c1-31-21-23-33-17-15-29-13-11-27-7-3-19(4-8-27)20-5-9-28(10-6-20)12-14-30-16-18-34-24-22(32-2)36-26(38-24)25(35-21)37-23/h3-10H,11-18H2,1-2H3/q+2/b26-25+. The Balaban J connectivity index is 1.25. The summed E-state index contributed by atoms with van der Waals surface area (Å²) in [6.07, 6.45) is 12.9. The maximum absolute atomic E-state index is 5.99. The van der Waals surface area contributed by atoms with E-state index in [4.69, 9.17) is 9.47 Å². The maximum atomic E-state index is 5.99. The van der Waals surface area contributed by atoms with Crippen LogP contribution in [0.5, 0.6) is 0 Å². The lowest BCUT2D eigenvalue weighted by atomic mass is 10.1. The molecule has 38 heavy (non-hydrogen) atoms. The molecule has 4 nitrogen and oxygen atoms in total. The Morgan fingerprint density at radius 2 is 1.00 bits per heavy atom. The van der Waals surface area contributed by atoms with E-state index in [1.807, 2.05) is 94.1 Å². The van der Waals surface area contributed by atoms with Gasteiger partial charge in [0.2, 0.25) is 0 Å². The van der Waals surface area contributed by atoms with Crippen molar-refractivity contribution in [3.8, 4) is 11.1 Å². The summed E-state index contributed by atoms with van der Waals surface area (Å²) < 4.78 is 24.9. The van der Waals surface area contributed by atoms with Crippen LogP contribution in [-0.4, -0.2) is 50.4 Å². The fourth-order valence-corrected chi connectivity index (χ4v) is 14.7. The third-order valence-corrected chi connectivity index (χ3v) is 16.8. The van der Waals surface area contributed by atoms with E-state index in [0.29, 0.717) is 0 Å². The van der Waals surface area contributed by atoms with Crippen LogP contribution in [0.4, 0.5) is 0 Å². The van der Waals surface area contributed by atoms with Gasteiger partial charge >= 0.3 is 0 Å². The minimum absolute atomic E-state index is 0.723. The highest BCUT2D eigenvalue weighted by atomic mass is 32.3. The number of thioether (sulfide) groups is 8. The lowest BCUT2D eigenvalue weighted by molar-refractivity contribution is -0.698. The highest BCUT2D eigenvalue weighted by molar-refractivity contribution is 8.45. The Kier molecular flexibility index (Phi) is 12.1. The van der Waals surface area contributed by atoms with Crippen LogP contribution in [0.1, 0.15) is 0 Å². The van der Waals surface area contributed by atoms with Gasteiger partial charge in [-0.25, -0.2) is 9.13 Å². The second-order valence-electron chi connectivity index (χ2n) is 8.11. The first kappa shape index (κ1) is 29.7. The Morgan fingerprint density at radius 3 is 1.39 bits per heavy atom. The summed E-state index contributed by atoms with van der Waals surface area (Å²) in [6, 6.07) is 8.72. The van der Waals surface area contributed by atoms with E-state index in [9.17, 15) is 0 Å². The predicted molar refractivity (Wildman–Crippen MR) is 177 cm³/mol. The molecule has 5 aliphatic rings. The molecule has 2 aromatic rings. The molecule has 0 saturated carbocycles. The van der Waals surface area contributed by atoms with Crippen molar-refractivity contribution in [2.45, 2.75) is 13.1 Å². The van der Waals surface area contributed by atoms with Gasteiger partial charge in [0.1, 0.15) is 13.2 Å². The normalized spacial score (nSPS) is 22.1. The molecule has 0 aromatic carbocycles. The molecule has 0 spiro atoms. The van der Waals surface area contributed by atoms with E-state index in [-0.39, 0.29) is 0 Å². The molecule has 5 aliphatic heterocycles. The van der Waals surface area contributed by atoms with Crippen molar-refractivity contribution in [3.63, 3.8) is 0 Å². The van der Waals surface area contributed by atoms with E-state index in [2.05, 4.69) is 70.7 Å². The minimum Gasteiger partial charge on any atom is -0.374 e. The molecule has 2 aromatic heterocycles. The van der Waals surface area contributed by atoms with Crippen LogP contribution < -0.4 is 9.13 Å². The van der Waals surface area contributed by atoms with Crippen molar-refractivity contribution in [1.82, 2.24) is 0 Å². The van der Waals surface area contributed by atoms with E-state index in [0.717, 1.165) is 51.0 Å². The molecule has 12 heteroatoms. The van der Waals surface area contributed by atoms with Crippen molar-refractivity contribution in [2.24, 2.45) is 0 Å². The van der Waals surface area contributed by atoms with Gasteiger partial charge in [-0.3, -0.25) is 0 Å². The molecule has 7 rings (SSSR count). The molecule has 0 saturated heterocycles. The lowest BCUT2D eigenvalue weighted by Gasteiger charge is -2.06. The van der Waals surface area contributed by atoms with E-state index < -0.39 is 0 Å². The first-order valence-corrected chi connectivity index (χ1v) is 19.8. The van der Waals surface area contributed by atoms with Crippen LogP contribution in [0.3, 0.4) is 0 Å². The summed E-state index contributed by atoms with van der Waals surface area (Å²) in [5, 5.41) is 0. The van der Waals surface area contributed by atoms with E-state index in [1.165, 1.54) is 36.5 Å². The Morgan fingerprint density at radius 1 is 0.579 bits per heavy atom. The number of rotatable bonds is 2. The van der Waals surface area contributed by atoms with Crippen LogP contribution in [0.2, 0.25) is 0 Å². The van der Waals surface area contributed by atoms with Gasteiger partial charge in [-0.05, 0) is 23.6 Å². The van der Waals surface area contributed by atoms with Gasteiger partial charge in [0.05, 0.1) is 38.6 Å². The first-order valence-electron chi connectivity index (χ1n) is 12.2. The molecule has 0 aliphatic carbocycles. The third kappa shape index (κ3) is 8.17. The van der Waals surface area contributed by atoms with E-state index >= 15 is 0 Å². The van der Waals surface area contributed by atoms with Gasteiger partial charge in [0.15, 0.2) is 37.9 Å². The van der Waals surface area contributed by atoms with Gasteiger partial charge in [0.25, 0.3) is 0 Å². The summed E-state index contributed by atoms with van der Waals surface area (Å²) in [4.78, 5) is 0. The van der Waals surface area contributed by atoms with Crippen molar-refractivity contribution in [3.05, 3.63) is 74.5 Å². The zero-order valence-corrected chi connectivity index (χ0v) is 27.8. The van der Waals surface area contributed by atoms with Gasteiger partial charge in [0, 0.05) is 35.8 Å². The quantitative estimate of drug-likeness (QED) is 0.302. The fraction of sp³-hybridized carbons (Fsp3) is 0.385. The molecule has 0 N–H and O–H groups in total. The molecule has 0 fully saturated rings.